The Morgan fingerprint density at radius 1 is 1.11 bits per heavy atom. The number of hydrogen-bond acceptors (Lipinski definition) is 4. The summed E-state index contributed by atoms with van der Waals surface area (Å²) in [4.78, 5) is 39.1. The zero-order valence-corrected chi connectivity index (χ0v) is 15.1. The van der Waals surface area contributed by atoms with Gasteiger partial charge in [-0.25, -0.2) is 4.79 Å². The first-order valence-electron chi connectivity index (χ1n) is 8.50. The third-order valence-electron chi connectivity index (χ3n) is 4.55. The van der Waals surface area contributed by atoms with Gasteiger partial charge in [0.25, 0.3) is 5.56 Å². The van der Waals surface area contributed by atoms with Crippen LogP contribution in [0.15, 0.2) is 57.4 Å². The van der Waals surface area contributed by atoms with E-state index in [1.807, 2.05) is 47.8 Å². The molecule has 0 saturated heterocycles. The minimum absolute atomic E-state index is 0.0728. The molecule has 0 fully saturated rings. The van der Waals surface area contributed by atoms with E-state index in [-0.39, 0.29) is 24.9 Å². The fourth-order valence-corrected chi connectivity index (χ4v) is 4.17. The van der Waals surface area contributed by atoms with Crippen LogP contribution in [0, 0.1) is 0 Å². The second kappa shape index (κ2) is 6.85. The van der Waals surface area contributed by atoms with E-state index in [1.54, 1.807) is 0 Å². The van der Waals surface area contributed by atoms with E-state index in [2.05, 4.69) is 4.98 Å². The molecule has 0 aliphatic carbocycles. The lowest BCUT2D eigenvalue weighted by molar-refractivity contribution is -0.137. The summed E-state index contributed by atoms with van der Waals surface area (Å²) in [5.74, 6) is -0.951. The lowest BCUT2D eigenvalue weighted by Gasteiger charge is -2.06. The van der Waals surface area contributed by atoms with Gasteiger partial charge in [0.15, 0.2) is 0 Å². The molecular weight excluding hydrogens is 364 g/mol. The number of fused-ring (bicyclic) bond motifs is 2. The quantitative estimate of drug-likeness (QED) is 0.555. The monoisotopic (exact) mass is 380 g/mol. The van der Waals surface area contributed by atoms with Crippen molar-refractivity contribution >= 4 is 38.3 Å². The highest BCUT2D eigenvalue weighted by Gasteiger charge is 2.15. The molecule has 2 aromatic heterocycles. The van der Waals surface area contributed by atoms with Crippen molar-refractivity contribution in [1.82, 2.24) is 9.55 Å². The lowest BCUT2D eigenvalue weighted by atomic mass is 10.0. The Labute approximate surface area is 157 Å². The Hall–Kier alpha value is -3.19. The molecule has 2 aromatic carbocycles. The topological polar surface area (TPSA) is 92.2 Å². The standard InChI is InChI=1S/C20H16N2O4S/c23-16(24)6-3-9-22-19(25)17-15(11-27-18(17)21-20(22)26)14-8-7-12-4-1-2-5-13(12)10-14/h1-2,4-5,7-8,10-11H,3,6,9H2,(H,21,26)(H,23,24). The van der Waals surface area contributed by atoms with Crippen LogP contribution in [0.4, 0.5) is 0 Å². The molecule has 2 heterocycles. The van der Waals surface area contributed by atoms with Gasteiger partial charge in [0, 0.05) is 23.9 Å². The Bertz CT molecular complexity index is 1280. The van der Waals surface area contributed by atoms with Crippen molar-refractivity contribution in [2.75, 3.05) is 0 Å². The second-order valence-electron chi connectivity index (χ2n) is 6.30. The number of rotatable bonds is 5. The summed E-state index contributed by atoms with van der Waals surface area (Å²) in [6, 6.07) is 14.0. The number of carboxylic acids is 1. The van der Waals surface area contributed by atoms with E-state index in [0.29, 0.717) is 10.2 Å². The van der Waals surface area contributed by atoms with Gasteiger partial charge in [-0.15, -0.1) is 11.3 Å². The van der Waals surface area contributed by atoms with Crippen molar-refractivity contribution in [3.8, 4) is 11.1 Å². The molecule has 4 rings (SSSR count). The highest BCUT2D eigenvalue weighted by molar-refractivity contribution is 7.17. The SMILES string of the molecule is O=C(O)CCCn1c(=O)[nH]c2scc(-c3ccc4ccccc4c3)c2c1=O. The minimum Gasteiger partial charge on any atom is -0.481 e. The van der Waals surface area contributed by atoms with E-state index < -0.39 is 11.7 Å². The van der Waals surface area contributed by atoms with Crippen LogP contribution in [0.5, 0.6) is 0 Å². The predicted octanol–water partition coefficient (Wildman–Crippen LogP) is 3.44. The molecule has 0 atom stereocenters. The largest absolute Gasteiger partial charge is 0.481 e. The van der Waals surface area contributed by atoms with Gasteiger partial charge in [0.2, 0.25) is 0 Å². The average Bonchev–Trinajstić information content (AvgIpc) is 3.07. The van der Waals surface area contributed by atoms with Crippen LogP contribution < -0.4 is 11.2 Å². The molecule has 0 bridgehead atoms. The van der Waals surface area contributed by atoms with Crippen molar-refractivity contribution in [3.63, 3.8) is 0 Å². The fraction of sp³-hybridized carbons (Fsp3) is 0.150. The van der Waals surface area contributed by atoms with Crippen LogP contribution in [-0.2, 0) is 11.3 Å². The van der Waals surface area contributed by atoms with Crippen molar-refractivity contribution in [1.29, 1.82) is 0 Å². The molecular formula is C20H16N2O4S. The third kappa shape index (κ3) is 3.17. The van der Waals surface area contributed by atoms with Crippen LogP contribution in [0.25, 0.3) is 32.1 Å². The summed E-state index contributed by atoms with van der Waals surface area (Å²) in [6.07, 6.45) is 0.129. The number of nitrogens with one attached hydrogen (secondary N) is 1. The number of nitrogens with zero attached hydrogens (tertiary/aromatic N) is 1. The zero-order valence-electron chi connectivity index (χ0n) is 14.3. The Morgan fingerprint density at radius 2 is 1.89 bits per heavy atom. The van der Waals surface area contributed by atoms with E-state index in [4.69, 9.17) is 5.11 Å². The molecule has 0 spiro atoms. The molecule has 0 saturated carbocycles. The Morgan fingerprint density at radius 3 is 2.67 bits per heavy atom. The molecule has 0 aliphatic rings. The van der Waals surface area contributed by atoms with Gasteiger partial charge in [-0.05, 0) is 28.8 Å². The molecule has 27 heavy (non-hydrogen) atoms. The minimum atomic E-state index is -0.951. The van der Waals surface area contributed by atoms with Crippen molar-refractivity contribution in [2.24, 2.45) is 0 Å². The van der Waals surface area contributed by atoms with Gasteiger partial charge in [-0.3, -0.25) is 19.1 Å². The Balaban J connectivity index is 1.85. The number of thiophene rings is 1. The number of aromatic nitrogens is 2. The summed E-state index contributed by atoms with van der Waals surface area (Å²) in [7, 11) is 0. The van der Waals surface area contributed by atoms with E-state index >= 15 is 0 Å². The summed E-state index contributed by atoms with van der Waals surface area (Å²) in [6.45, 7) is 0.0728. The highest BCUT2D eigenvalue weighted by Crippen LogP contribution is 2.32. The number of aromatic amines is 1. The molecule has 2 N–H and O–H groups in total. The maximum absolute atomic E-state index is 12.9. The van der Waals surface area contributed by atoms with Gasteiger partial charge >= 0.3 is 11.7 Å². The van der Waals surface area contributed by atoms with Gasteiger partial charge < -0.3 is 5.11 Å². The van der Waals surface area contributed by atoms with Gasteiger partial charge in [-0.1, -0.05) is 36.4 Å². The molecule has 0 unspecified atom stereocenters. The van der Waals surface area contributed by atoms with Crippen molar-refractivity contribution in [3.05, 3.63) is 68.7 Å². The predicted molar refractivity (Wildman–Crippen MR) is 107 cm³/mol. The number of carbonyl (C=O) groups is 1. The fourth-order valence-electron chi connectivity index (χ4n) is 3.21. The molecule has 0 radical (unpaired) electrons. The van der Waals surface area contributed by atoms with Crippen LogP contribution in [0.1, 0.15) is 12.8 Å². The van der Waals surface area contributed by atoms with E-state index in [1.165, 1.54) is 11.3 Å². The molecule has 4 aromatic rings. The molecule has 6 nitrogen and oxygen atoms in total. The normalized spacial score (nSPS) is 11.3. The van der Waals surface area contributed by atoms with Gasteiger partial charge in [-0.2, -0.15) is 0 Å². The highest BCUT2D eigenvalue weighted by atomic mass is 32.1. The van der Waals surface area contributed by atoms with Crippen LogP contribution in [0.2, 0.25) is 0 Å². The maximum atomic E-state index is 12.9. The summed E-state index contributed by atoms with van der Waals surface area (Å²) in [5.41, 5.74) is 0.781. The second-order valence-corrected chi connectivity index (χ2v) is 7.18. The maximum Gasteiger partial charge on any atom is 0.329 e. The third-order valence-corrected chi connectivity index (χ3v) is 5.44. The van der Waals surface area contributed by atoms with Crippen molar-refractivity contribution in [2.45, 2.75) is 19.4 Å². The van der Waals surface area contributed by atoms with E-state index in [0.717, 1.165) is 26.5 Å². The molecule has 0 aliphatic heterocycles. The summed E-state index contributed by atoms with van der Waals surface area (Å²) < 4.78 is 1.09. The summed E-state index contributed by atoms with van der Waals surface area (Å²) >= 11 is 1.32. The van der Waals surface area contributed by atoms with Gasteiger partial charge in [0.05, 0.1) is 5.39 Å². The van der Waals surface area contributed by atoms with E-state index in [9.17, 15) is 14.4 Å². The first-order valence-corrected chi connectivity index (χ1v) is 9.38. The average molecular weight is 380 g/mol. The molecule has 7 heteroatoms. The summed E-state index contributed by atoms with van der Waals surface area (Å²) in [5, 5.41) is 13.3. The Kier molecular flexibility index (Phi) is 4.37. The number of H-pyrrole nitrogens is 1. The molecule has 136 valence electrons. The number of aliphatic carboxylic acids is 1. The van der Waals surface area contributed by atoms with Gasteiger partial charge in [0.1, 0.15) is 4.83 Å². The van der Waals surface area contributed by atoms with Crippen LogP contribution in [-0.4, -0.2) is 20.6 Å². The number of carboxylic acid groups (broad SMARTS) is 1. The van der Waals surface area contributed by atoms with Crippen LogP contribution >= 0.6 is 11.3 Å². The lowest BCUT2D eigenvalue weighted by Crippen LogP contribution is -2.34. The number of hydrogen-bond donors (Lipinski definition) is 2. The zero-order chi connectivity index (χ0) is 19.0. The van der Waals surface area contributed by atoms with Crippen LogP contribution in [0.3, 0.4) is 0 Å². The number of benzene rings is 2. The smallest absolute Gasteiger partial charge is 0.329 e. The van der Waals surface area contributed by atoms with Crippen molar-refractivity contribution < 1.29 is 9.90 Å². The first-order chi connectivity index (χ1) is 13.0. The molecule has 0 amide bonds. The first kappa shape index (κ1) is 17.2.